The molecule has 0 saturated heterocycles. The van der Waals surface area contributed by atoms with Gasteiger partial charge < -0.3 is 4.74 Å². The fourth-order valence-corrected chi connectivity index (χ4v) is 1.17. The van der Waals surface area contributed by atoms with Gasteiger partial charge in [0.05, 0.1) is 5.56 Å². The highest BCUT2D eigenvalue weighted by Gasteiger charge is 2.34. The van der Waals surface area contributed by atoms with Gasteiger partial charge >= 0.3 is 6.36 Å². The highest BCUT2D eigenvalue weighted by atomic mass is 35.5. The Morgan fingerprint density at radius 2 is 2.00 bits per heavy atom. The van der Waals surface area contributed by atoms with Crippen LogP contribution in [0.3, 0.4) is 0 Å². The molecule has 1 aromatic rings. The Bertz CT molecular complexity index is 468. The van der Waals surface area contributed by atoms with Crippen LogP contribution < -0.4 is 4.74 Å². The van der Waals surface area contributed by atoms with Gasteiger partial charge in [0.25, 0.3) is 6.43 Å². The lowest BCUT2D eigenvalue weighted by molar-refractivity contribution is -0.274. The van der Waals surface area contributed by atoms with Crippen LogP contribution in [0.1, 0.15) is 17.7 Å². The summed E-state index contributed by atoms with van der Waals surface area (Å²) in [6.45, 7) is 0. The van der Waals surface area contributed by atoms with Crippen molar-refractivity contribution in [2.24, 2.45) is 0 Å². The molecule has 92 valence electrons. The van der Waals surface area contributed by atoms with Gasteiger partial charge in [0.2, 0.25) is 0 Å². The lowest BCUT2D eigenvalue weighted by atomic mass is 10.2. The average molecular weight is 273 g/mol. The second-order valence-corrected chi connectivity index (χ2v) is 3.03. The van der Waals surface area contributed by atoms with E-state index in [-0.39, 0.29) is 0 Å². The minimum absolute atomic E-state index is 0.484. The van der Waals surface area contributed by atoms with Gasteiger partial charge in [0.15, 0.2) is 10.9 Å². The van der Waals surface area contributed by atoms with E-state index in [0.717, 1.165) is 0 Å². The van der Waals surface area contributed by atoms with Gasteiger partial charge in [-0.25, -0.2) is 13.8 Å². The molecule has 0 aliphatic rings. The highest BCUT2D eigenvalue weighted by molar-refractivity contribution is 6.31. The Labute approximate surface area is 96.4 Å². The molecule has 0 bridgehead atoms. The van der Waals surface area contributed by atoms with Gasteiger partial charge in [-0.05, 0) is 6.07 Å². The molecule has 0 saturated carbocycles. The van der Waals surface area contributed by atoms with Gasteiger partial charge in [0.1, 0.15) is 11.8 Å². The molecular weight excluding hydrogens is 271 g/mol. The summed E-state index contributed by atoms with van der Waals surface area (Å²) in [4.78, 5) is 3.00. The van der Waals surface area contributed by atoms with E-state index in [1.54, 1.807) is 0 Å². The van der Waals surface area contributed by atoms with Gasteiger partial charge in [0, 0.05) is 0 Å². The molecule has 1 heterocycles. The number of hydrogen-bond acceptors (Lipinski definition) is 3. The summed E-state index contributed by atoms with van der Waals surface area (Å²) in [6.07, 6.45) is -8.15. The van der Waals surface area contributed by atoms with Crippen molar-refractivity contribution in [2.75, 3.05) is 0 Å². The van der Waals surface area contributed by atoms with Gasteiger partial charge in [-0.2, -0.15) is 5.26 Å². The van der Waals surface area contributed by atoms with Crippen molar-refractivity contribution >= 4 is 11.6 Å². The fourth-order valence-electron chi connectivity index (χ4n) is 0.929. The number of rotatable bonds is 2. The van der Waals surface area contributed by atoms with Crippen molar-refractivity contribution in [3.05, 3.63) is 22.5 Å². The summed E-state index contributed by atoms with van der Waals surface area (Å²) in [5, 5.41) is 7.57. The van der Waals surface area contributed by atoms with Crippen molar-refractivity contribution in [3.63, 3.8) is 0 Å². The van der Waals surface area contributed by atoms with Crippen LogP contribution in [-0.4, -0.2) is 11.3 Å². The number of ether oxygens (including phenoxy) is 1. The van der Waals surface area contributed by atoms with Crippen LogP contribution in [0.25, 0.3) is 0 Å². The molecule has 1 aromatic heterocycles. The van der Waals surface area contributed by atoms with Crippen LogP contribution in [0.4, 0.5) is 22.0 Å². The molecule has 0 atom stereocenters. The quantitative estimate of drug-likeness (QED) is 0.612. The average Bonchev–Trinajstić information content (AvgIpc) is 2.18. The van der Waals surface area contributed by atoms with E-state index in [2.05, 4.69) is 9.72 Å². The van der Waals surface area contributed by atoms with Crippen molar-refractivity contribution in [1.82, 2.24) is 4.98 Å². The molecule has 0 spiro atoms. The fraction of sp³-hybridized carbons (Fsp3) is 0.250. The first-order valence-electron chi connectivity index (χ1n) is 3.89. The smallest absolute Gasteiger partial charge is 0.401 e. The summed E-state index contributed by atoms with van der Waals surface area (Å²) in [6, 6.07) is 1.76. The van der Waals surface area contributed by atoms with Crippen LogP contribution in [0.15, 0.2) is 6.07 Å². The van der Waals surface area contributed by atoms with E-state index >= 15 is 0 Å². The zero-order valence-electron chi connectivity index (χ0n) is 7.73. The van der Waals surface area contributed by atoms with E-state index in [9.17, 15) is 22.0 Å². The van der Waals surface area contributed by atoms with Crippen molar-refractivity contribution < 1.29 is 26.7 Å². The Kier molecular flexibility index (Phi) is 3.72. The number of aromatic nitrogens is 1. The topological polar surface area (TPSA) is 45.9 Å². The molecule has 9 heteroatoms. The second kappa shape index (κ2) is 4.71. The number of nitriles is 1. The third-order valence-corrected chi connectivity index (χ3v) is 1.77. The lowest BCUT2D eigenvalue weighted by Gasteiger charge is -2.12. The number of halogens is 6. The number of pyridine rings is 1. The number of nitrogens with zero attached hydrogens (tertiary/aromatic N) is 2. The van der Waals surface area contributed by atoms with Crippen molar-refractivity contribution in [1.29, 1.82) is 5.26 Å². The number of hydrogen-bond donors (Lipinski definition) is 0. The largest absolute Gasteiger partial charge is 0.573 e. The normalized spacial score (nSPS) is 11.4. The molecule has 0 unspecified atom stereocenters. The molecule has 1 rings (SSSR count). The summed E-state index contributed by atoms with van der Waals surface area (Å²) >= 11 is 5.24. The summed E-state index contributed by atoms with van der Waals surface area (Å²) in [5.41, 5.74) is -1.67. The van der Waals surface area contributed by atoms with E-state index in [1.165, 1.54) is 6.07 Å². The van der Waals surface area contributed by atoms with Crippen LogP contribution in [-0.2, 0) is 0 Å². The minimum atomic E-state index is -5.09. The predicted molar refractivity (Wildman–Crippen MR) is 45.6 cm³/mol. The minimum Gasteiger partial charge on any atom is -0.401 e. The van der Waals surface area contributed by atoms with Crippen molar-refractivity contribution in [2.45, 2.75) is 12.8 Å². The second-order valence-electron chi connectivity index (χ2n) is 2.67. The molecule has 17 heavy (non-hydrogen) atoms. The molecular formula is C8H2ClF5N2O. The number of alkyl halides is 5. The lowest BCUT2D eigenvalue weighted by Crippen LogP contribution is -2.18. The molecule has 0 aliphatic heterocycles. The monoisotopic (exact) mass is 272 g/mol. The standard InChI is InChI=1S/C8H2ClF5N2O/c9-6-5(17-8(12,13)14)3(2-15)1-4(16-6)7(10)11/h1,7H. The molecule has 0 fully saturated rings. The first-order chi connectivity index (χ1) is 7.74. The summed E-state index contributed by atoms with van der Waals surface area (Å²) < 4.78 is 63.7. The Morgan fingerprint density at radius 3 is 2.41 bits per heavy atom. The first kappa shape index (κ1) is 13.4. The molecule has 3 nitrogen and oxygen atoms in total. The molecule has 0 N–H and O–H groups in total. The van der Waals surface area contributed by atoms with Gasteiger partial charge in [-0.1, -0.05) is 11.6 Å². The van der Waals surface area contributed by atoms with E-state index in [4.69, 9.17) is 16.9 Å². The third kappa shape index (κ3) is 3.42. The zero-order chi connectivity index (χ0) is 13.2. The predicted octanol–water partition coefficient (Wildman–Crippen LogP) is 3.44. The zero-order valence-corrected chi connectivity index (χ0v) is 8.48. The Balaban J connectivity index is 3.28. The SMILES string of the molecule is N#Cc1cc(C(F)F)nc(Cl)c1OC(F)(F)F. The van der Waals surface area contributed by atoms with Crippen molar-refractivity contribution in [3.8, 4) is 11.8 Å². The summed E-state index contributed by atoms with van der Waals surface area (Å²) in [5.74, 6) is -1.09. The van der Waals surface area contributed by atoms with Gasteiger partial charge in [-0.3, -0.25) is 0 Å². The summed E-state index contributed by atoms with van der Waals surface area (Å²) in [7, 11) is 0. The van der Waals surface area contributed by atoms with Crippen LogP contribution in [0.2, 0.25) is 5.15 Å². The van der Waals surface area contributed by atoms with E-state index in [1.807, 2.05) is 0 Å². The van der Waals surface area contributed by atoms with Crippen LogP contribution in [0.5, 0.6) is 5.75 Å². The molecule has 0 aromatic carbocycles. The van der Waals surface area contributed by atoms with E-state index in [0.29, 0.717) is 6.07 Å². The maximum absolute atomic E-state index is 12.2. The molecule has 0 aliphatic carbocycles. The van der Waals surface area contributed by atoms with E-state index < -0.39 is 34.9 Å². The first-order valence-corrected chi connectivity index (χ1v) is 4.27. The van der Waals surface area contributed by atoms with Crippen LogP contribution >= 0.6 is 11.6 Å². The Hall–Kier alpha value is -1.62. The maximum Gasteiger partial charge on any atom is 0.573 e. The van der Waals surface area contributed by atoms with Crippen LogP contribution in [0, 0.1) is 11.3 Å². The molecule has 0 radical (unpaired) electrons. The maximum atomic E-state index is 12.2. The van der Waals surface area contributed by atoms with Gasteiger partial charge in [-0.15, -0.1) is 13.2 Å². The Morgan fingerprint density at radius 1 is 1.41 bits per heavy atom. The molecule has 0 amide bonds. The third-order valence-electron chi connectivity index (χ3n) is 1.51. The highest BCUT2D eigenvalue weighted by Crippen LogP contribution is 2.34.